The molecule has 0 unspecified atom stereocenters. The fourth-order valence-corrected chi connectivity index (χ4v) is 3.44. The lowest BCUT2D eigenvalue weighted by Crippen LogP contribution is -2.30. The highest BCUT2D eigenvalue weighted by molar-refractivity contribution is 7.18. The van der Waals surface area contributed by atoms with Crippen molar-refractivity contribution in [2.45, 2.75) is 44.6 Å². The number of rotatable bonds is 7. The van der Waals surface area contributed by atoms with Crippen molar-refractivity contribution in [3.63, 3.8) is 0 Å². The first-order chi connectivity index (χ1) is 10.1. The van der Waals surface area contributed by atoms with E-state index in [0.29, 0.717) is 23.3 Å². The number of hydrogen-bond donors (Lipinski definition) is 4. The lowest BCUT2D eigenvalue weighted by atomic mass is 9.93. The number of aliphatic hydroxyl groups is 1. The molecule has 0 radical (unpaired) electrons. The second-order valence-corrected chi connectivity index (χ2v) is 7.16. The number of nitrogens with one attached hydrogen (secondary N) is 2. The van der Waals surface area contributed by atoms with Crippen molar-refractivity contribution in [2.24, 2.45) is 5.41 Å². The molecular formula is C14H22N4O2S. The van der Waals surface area contributed by atoms with E-state index in [1.807, 2.05) is 0 Å². The number of nitrogens with two attached hydrogens (primary N) is 1. The first-order valence-corrected chi connectivity index (χ1v) is 8.35. The third-order valence-corrected chi connectivity index (χ3v) is 5.52. The number of nitrogens with zero attached hydrogens (tertiary/aromatic N) is 1. The van der Waals surface area contributed by atoms with Crippen LogP contribution in [-0.4, -0.2) is 35.2 Å². The minimum Gasteiger partial charge on any atom is -0.396 e. The highest BCUT2D eigenvalue weighted by Gasteiger charge is 2.42. The molecule has 0 spiro atoms. The van der Waals surface area contributed by atoms with Gasteiger partial charge in [-0.1, -0.05) is 11.3 Å². The minimum absolute atomic E-state index is 0.108. The predicted molar refractivity (Wildman–Crippen MR) is 83.5 cm³/mol. The number of carbonyl (C=O) groups excluding carboxylic acids is 1. The third kappa shape index (κ3) is 3.29. The molecule has 0 bridgehead atoms. The highest BCUT2D eigenvalue weighted by atomic mass is 32.1. The van der Waals surface area contributed by atoms with E-state index in [0.717, 1.165) is 37.2 Å². The van der Waals surface area contributed by atoms with E-state index in [-0.39, 0.29) is 17.9 Å². The zero-order valence-corrected chi connectivity index (χ0v) is 12.8. The van der Waals surface area contributed by atoms with Gasteiger partial charge < -0.3 is 21.5 Å². The van der Waals surface area contributed by atoms with Crippen LogP contribution >= 0.6 is 11.3 Å². The predicted octanol–water partition coefficient (Wildman–Crippen LogP) is 1.58. The van der Waals surface area contributed by atoms with E-state index in [2.05, 4.69) is 15.6 Å². The first-order valence-electron chi connectivity index (χ1n) is 7.54. The number of anilines is 2. The van der Waals surface area contributed by atoms with E-state index in [9.17, 15) is 4.79 Å². The smallest absolute Gasteiger partial charge is 0.265 e. The number of nitrogen functional groups attached to an aromatic ring is 1. The first kappa shape index (κ1) is 14.6. The molecule has 0 atom stereocenters. The Balaban J connectivity index is 1.56. The topological polar surface area (TPSA) is 100 Å². The van der Waals surface area contributed by atoms with Gasteiger partial charge in [0.15, 0.2) is 5.13 Å². The number of amides is 1. The molecule has 5 N–H and O–H groups in total. The molecule has 2 aliphatic carbocycles. The molecule has 7 heteroatoms. The summed E-state index contributed by atoms with van der Waals surface area (Å²) in [7, 11) is 0. The summed E-state index contributed by atoms with van der Waals surface area (Å²) in [5, 5.41) is 16.0. The van der Waals surface area contributed by atoms with Crippen LogP contribution in [0.5, 0.6) is 0 Å². The molecular weight excluding hydrogens is 288 g/mol. The molecule has 1 aromatic heterocycles. The molecule has 6 nitrogen and oxygen atoms in total. The average molecular weight is 310 g/mol. The van der Waals surface area contributed by atoms with Gasteiger partial charge >= 0.3 is 0 Å². The van der Waals surface area contributed by atoms with Crippen LogP contribution < -0.4 is 16.4 Å². The Bertz CT molecular complexity index is 523. The molecule has 0 saturated heterocycles. The third-order valence-electron chi connectivity index (χ3n) is 4.52. The fraction of sp³-hybridized carbons (Fsp3) is 0.714. The fourth-order valence-electron chi connectivity index (χ4n) is 2.56. The number of carbonyl (C=O) groups is 1. The zero-order chi connectivity index (χ0) is 14.9. The van der Waals surface area contributed by atoms with Crippen molar-refractivity contribution in [1.29, 1.82) is 0 Å². The quantitative estimate of drug-likeness (QED) is 0.613. The summed E-state index contributed by atoms with van der Waals surface area (Å²) < 4.78 is 0. The van der Waals surface area contributed by atoms with E-state index < -0.39 is 0 Å². The largest absolute Gasteiger partial charge is 0.396 e. The van der Waals surface area contributed by atoms with Crippen LogP contribution in [-0.2, 0) is 0 Å². The Kier molecular flexibility index (Phi) is 4.03. The molecule has 2 fully saturated rings. The monoisotopic (exact) mass is 310 g/mol. The maximum absolute atomic E-state index is 12.2. The average Bonchev–Trinajstić information content (AvgIpc) is 3.07. The van der Waals surface area contributed by atoms with Gasteiger partial charge in [0.05, 0.1) is 0 Å². The maximum atomic E-state index is 12.2. The van der Waals surface area contributed by atoms with Gasteiger partial charge in [-0.3, -0.25) is 4.79 Å². The Morgan fingerprint density at radius 1 is 1.48 bits per heavy atom. The Hall–Kier alpha value is -1.34. The van der Waals surface area contributed by atoms with Crippen LogP contribution in [0.1, 0.15) is 48.2 Å². The number of aromatic nitrogens is 1. The maximum Gasteiger partial charge on any atom is 0.265 e. The van der Waals surface area contributed by atoms with Crippen LogP contribution in [0.25, 0.3) is 0 Å². The van der Waals surface area contributed by atoms with Crippen LogP contribution in [0.3, 0.4) is 0 Å². The number of thiazole rings is 1. The molecule has 0 aliphatic heterocycles. The van der Waals surface area contributed by atoms with E-state index in [1.165, 1.54) is 17.8 Å². The van der Waals surface area contributed by atoms with Crippen molar-refractivity contribution < 1.29 is 9.90 Å². The van der Waals surface area contributed by atoms with E-state index in [1.54, 1.807) is 0 Å². The van der Waals surface area contributed by atoms with Gasteiger partial charge in [-0.15, -0.1) is 0 Å². The number of hydrogen-bond acceptors (Lipinski definition) is 6. The van der Waals surface area contributed by atoms with Crippen molar-refractivity contribution >= 4 is 28.2 Å². The minimum atomic E-state index is -0.157. The highest BCUT2D eigenvalue weighted by Crippen LogP contribution is 2.48. The summed E-state index contributed by atoms with van der Waals surface area (Å²) in [5.74, 6) is 0.141. The Labute approximate surface area is 128 Å². The van der Waals surface area contributed by atoms with Crippen molar-refractivity contribution in [2.75, 3.05) is 24.2 Å². The summed E-state index contributed by atoms with van der Waals surface area (Å²) in [6.45, 7) is 0.781. The molecule has 1 aromatic rings. The van der Waals surface area contributed by atoms with Crippen molar-refractivity contribution in [1.82, 2.24) is 10.3 Å². The van der Waals surface area contributed by atoms with Gasteiger partial charge in [-0.05, 0) is 43.9 Å². The van der Waals surface area contributed by atoms with Crippen molar-refractivity contribution in [3.05, 3.63) is 4.88 Å². The molecule has 21 heavy (non-hydrogen) atoms. The summed E-state index contributed by atoms with van der Waals surface area (Å²) in [6, 6.07) is 0.478. The van der Waals surface area contributed by atoms with Crippen LogP contribution in [0.4, 0.5) is 10.9 Å². The summed E-state index contributed by atoms with van der Waals surface area (Å²) >= 11 is 1.32. The van der Waals surface area contributed by atoms with Gasteiger partial charge in [-0.2, -0.15) is 0 Å². The van der Waals surface area contributed by atoms with E-state index >= 15 is 0 Å². The molecule has 2 saturated carbocycles. The summed E-state index contributed by atoms with van der Waals surface area (Å²) in [5.41, 5.74) is 5.96. The lowest BCUT2D eigenvalue weighted by molar-refractivity contribution is 0.0945. The Morgan fingerprint density at radius 2 is 2.24 bits per heavy atom. The molecule has 1 amide bonds. The molecule has 0 aromatic carbocycles. The van der Waals surface area contributed by atoms with Crippen LogP contribution in [0, 0.1) is 5.41 Å². The second-order valence-electron chi connectivity index (χ2n) is 6.16. The summed E-state index contributed by atoms with van der Waals surface area (Å²) in [6.07, 6.45) is 6.45. The Morgan fingerprint density at radius 3 is 2.81 bits per heavy atom. The number of aliphatic hydroxyl groups excluding tert-OH is 1. The molecule has 2 aliphatic rings. The van der Waals surface area contributed by atoms with Gasteiger partial charge in [0.1, 0.15) is 10.7 Å². The zero-order valence-electron chi connectivity index (χ0n) is 12.0. The van der Waals surface area contributed by atoms with Gasteiger partial charge in [0.2, 0.25) is 0 Å². The standard InChI is InChI=1S/C14H22N4O2S/c15-11-10(21-13(18-11)17-9-2-1-3-9)12(20)16-8-14(4-5-14)6-7-19/h9,19H,1-8,15H2,(H,16,20)(H,17,18). The van der Waals surface area contributed by atoms with Crippen molar-refractivity contribution in [3.8, 4) is 0 Å². The van der Waals surface area contributed by atoms with Gasteiger partial charge in [0, 0.05) is 19.2 Å². The SMILES string of the molecule is Nc1nc(NC2CCC2)sc1C(=O)NCC1(CCO)CC1. The summed E-state index contributed by atoms with van der Waals surface area (Å²) in [4.78, 5) is 16.9. The molecule has 3 rings (SSSR count). The normalized spacial score (nSPS) is 19.9. The van der Waals surface area contributed by atoms with Gasteiger partial charge in [0.25, 0.3) is 5.91 Å². The van der Waals surface area contributed by atoms with Gasteiger partial charge in [-0.25, -0.2) is 4.98 Å². The van der Waals surface area contributed by atoms with Crippen LogP contribution in [0.2, 0.25) is 0 Å². The second kappa shape index (κ2) is 5.81. The van der Waals surface area contributed by atoms with E-state index in [4.69, 9.17) is 10.8 Å². The molecule has 1 heterocycles. The van der Waals surface area contributed by atoms with Crippen LogP contribution in [0.15, 0.2) is 0 Å². The molecule has 116 valence electrons. The lowest BCUT2D eigenvalue weighted by Gasteiger charge is -2.25.